The van der Waals surface area contributed by atoms with Gasteiger partial charge in [0.15, 0.2) is 23.1 Å². The van der Waals surface area contributed by atoms with Crippen LogP contribution in [0.4, 0.5) is 13.2 Å². The van der Waals surface area contributed by atoms with E-state index in [-0.39, 0.29) is 5.69 Å². The van der Waals surface area contributed by atoms with Crippen LogP contribution in [0.15, 0.2) is 53.5 Å². The number of carbonyl (C=O) groups is 1. The van der Waals surface area contributed by atoms with E-state index in [1.165, 1.54) is 34.0 Å². The van der Waals surface area contributed by atoms with Crippen LogP contribution in [0.25, 0.3) is 0 Å². The molecule has 0 radical (unpaired) electrons. The number of aryl methyl sites for hydroxylation is 1. The number of hydrogen-bond acceptors (Lipinski definition) is 4. The number of halogens is 3. The molecular weight excluding hydrogens is 435 g/mol. The van der Waals surface area contributed by atoms with Crippen molar-refractivity contribution in [2.24, 2.45) is 0 Å². The van der Waals surface area contributed by atoms with Crippen LogP contribution in [0.2, 0.25) is 0 Å². The van der Waals surface area contributed by atoms with Crippen LogP contribution in [0.5, 0.6) is 5.75 Å². The lowest BCUT2D eigenvalue weighted by molar-refractivity contribution is 0.0600. The summed E-state index contributed by atoms with van der Waals surface area (Å²) in [7, 11) is 1.57. The molecule has 33 heavy (non-hydrogen) atoms. The molecule has 3 heterocycles. The summed E-state index contributed by atoms with van der Waals surface area (Å²) in [5.74, 6) is -3.67. The fourth-order valence-corrected chi connectivity index (χ4v) is 4.82. The summed E-state index contributed by atoms with van der Waals surface area (Å²) in [5, 5.41) is 12.2. The Morgan fingerprint density at radius 2 is 1.70 bits per heavy atom. The average molecular weight is 455 g/mol. The lowest BCUT2D eigenvalue weighted by Crippen LogP contribution is -2.61. The Kier molecular flexibility index (Phi) is 4.92. The number of rotatable bonds is 1. The highest BCUT2D eigenvalue weighted by atomic mass is 19.2. The molecule has 2 atom stereocenters. The van der Waals surface area contributed by atoms with Crippen molar-refractivity contribution in [3.8, 4) is 5.75 Å². The van der Waals surface area contributed by atoms with Crippen LogP contribution in [0.1, 0.15) is 46.1 Å². The van der Waals surface area contributed by atoms with Crippen molar-refractivity contribution in [1.29, 1.82) is 0 Å². The minimum absolute atomic E-state index is 0.224. The van der Waals surface area contributed by atoms with Gasteiger partial charge in [0, 0.05) is 19.3 Å². The second-order valence-electron chi connectivity index (χ2n) is 8.31. The monoisotopic (exact) mass is 455 g/mol. The minimum Gasteiger partial charge on any atom is -0.502 e. The van der Waals surface area contributed by atoms with Gasteiger partial charge in [-0.25, -0.2) is 13.2 Å². The molecule has 2 unspecified atom stereocenters. The molecule has 9 heteroatoms. The number of fused-ring (bicyclic) bond motifs is 4. The van der Waals surface area contributed by atoms with Gasteiger partial charge >= 0.3 is 0 Å². The molecular formula is C24H20F3N3O3. The van der Waals surface area contributed by atoms with Crippen LogP contribution in [-0.4, -0.2) is 33.8 Å². The van der Waals surface area contributed by atoms with Gasteiger partial charge in [0.25, 0.3) is 5.91 Å². The van der Waals surface area contributed by atoms with Gasteiger partial charge in [-0.3, -0.25) is 19.3 Å². The number of hydrogen-bond donors (Lipinski definition) is 1. The van der Waals surface area contributed by atoms with Gasteiger partial charge in [0.05, 0.1) is 6.04 Å². The van der Waals surface area contributed by atoms with Crippen molar-refractivity contribution in [1.82, 2.24) is 9.58 Å². The molecule has 5 rings (SSSR count). The molecule has 170 valence electrons. The summed E-state index contributed by atoms with van der Waals surface area (Å²) in [5.41, 5.74) is 0.686. The standard InChI is InChI=1S/C24H20F3N3O3/c1-28-20-4-2-3-14-11-17(26)18(27)12-16(14)21(13-5-7-15(25)8-6-13)30(20)29-10-9-19(31)23(32)22(29)24(28)33/h5-12,20-21,32H,2-4H2,1H3. The largest absolute Gasteiger partial charge is 0.502 e. The van der Waals surface area contributed by atoms with Crippen LogP contribution in [0.3, 0.4) is 0 Å². The molecule has 0 bridgehead atoms. The first kappa shape index (κ1) is 21.1. The van der Waals surface area contributed by atoms with E-state index in [1.54, 1.807) is 24.2 Å². The lowest BCUT2D eigenvalue weighted by atomic mass is 9.88. The number of pyridine rings is 1. The fourth-order valence-electron chi connectivity index (χ4n) is 4.82. The van der Waals surface area contributed by atoms with Crippen molar-refractivity contribution >= 4 is 5.91 Å². The predicted molar refractivity (Wildman–Crippen MR) is 114 cm³/mol. The molecule has 2 aromatic carbocycles. The topological polar surface area (TPSA) is 65.8 Å². The summed E-state index contributed by atoms with van der Waals surface area (Å²) in [4.78, 5) is 26.6. The minimum atomic E-state index is -1.03. The number of benzene rings is 2. The first-order chi connectivity index (χ1) is 15.8. The molecule has 0 saturated heterocycles. The maximum Gasteiger partial charge on any atom is 0.277 e. The molecule has 0 aliphatic carbocycles. The van der Waals surface area contributed by atoms with Gasteiger partial charge in [-0.05, 0) is 60.2 Å². The highest BCUT2D eigenvalue weighted by Crippen LogP contribution is 2.39. The average Bonchev–Trinajstić information content (AvgIpc) is 2.78. The molecule has 0 saturated carbocycles. The number of carbonyl (C=O) groups excluding carboxylic acids is 1. The number of nitrogens with zero attached hydrogens (tertiary/aromatic N) is 3. The van der Waals surface area contributed by atoms with Crippen LogP contribution < -0.4 is 10.4 Å². The Balaban J connectivity index is 1.84. The summed E-state index contributed by atoms with van der Waals surface area (Å²) in [6, 6.07) is 8.29. The molecule has 0 spiro atoms. The molecule has 1 amide bonds. The Morgan fingerprint density at radius 1 is 1.00 bits per heavy atom. The molecule has 1 aromatic heterocycles. The van der Waals surface area contributed by atoms with Gasteiger partial charge in [0.2, 0.25) is 5.43 Å². The van der Waals surface area contributed by atoms with E-state index in [2.05, 4.69) is 0 Å². The fraction of sp³-hybridized carbons (Fsp3) is 0.250. The van der Waals surface area contributed by atoms with E-state index in [9.17, 15) is 27.9 Å². The molecule has 2 aliphatic heterocycles. The SMILES string of the molecule is CN1C(=O)c2c(O)c(=O)ccn2N2C(c3ccc(F)cc3)c3cc(F)c(F)cc3CCCC12. The maximum absolute atomic E-state index is 14.5. The lowest BCUT2D eigenvalue weighted by Gasteiger charge is -2.50. The van der Waals surface area contributed by atoms with E-state index < -0.39 is 46.7 Å². The zero-order valence-corrected chi connectivity index (χ0v) is 17.6. The van der Waals surface area contributed by atoms with Gasteiger partial charge in [0.1, 0.15) is 12.0 Å². The van der Waals surface area contributed by atoms with Crippen LogP contribution in [0, 0.1) is 17.5 Å². The number of aromatic hydroxyl groups is 1. The van der Waals surface area contributed by atoms with Gasteiger partial charge in [-0.2, -0.15) is 0 Å². The smallest absolute Gasteiger partial charge is 0.277 e. The second-order valence-corrected chi connectivity index (χ2v) is 8.31. The van der Waals surface area contributed by atoms with E-state index in [4.69, 9.17) is 0 Å². The zero-order valence-electron chi connectivity index (χ0n) is 17.6. The van der Waals surface area contributed by atoms with Crippen molar-refractivity contribution in [2.75, 3.05) is 12.1 Å². The van der Waals surface area contributed by atoms with Crippen LogP contribution in [-0.2, 0) is 6.42 Å². The van der Waals surface area contributed by atoms with E-state index in [0.29, 0.717) is 36.0 Å². The Morgan fingerprint density at radius 3 is 2.42 bits per heavy atom. The first-order valence-corrected chi connectivity index (χ1v) is 10.5. The molecule has 3 aromatic rings. The normalized spacial score (nSPS) is 19.9. The highest BCUT2D eigenvalue weighted by Gasteiger charge is 2.43. The zero-order chi connectivity index (χ0) is 23.4. The third-order valence-electron chi connectivity index (χ3n) is 6.41. The highest BCUT2D eigenvalue weighted by molar-refractivity contribution is 5.96. The summed E-state index contributed by atoms with van der Waals surface area (Å²) >= 11 is 0. The first-order valence-electron chi connectivity index (χ1n) is 10.5. The van der Waals surface area contributed by atoms with E-state index >= 15 is 0 Å². The summed E-state index contributed by atoms with van der Waals surface area (Å²) < 4.78 is 43.7. The Hall–Kier alpha value is -3.75. The Labute approximate surface area is 187 Å². The second kappa shape index (κ2) is 7.68. The van der Waals surface area contributed by atoms with Crippen molar-refractivity contribution in [3.63, 3.8) is 0 Å². The third-order valence-corrected chi connectivity index (χ3v) is 6.41. The van der Waals surface area contributed by atoms with Gasteiger partial charge < -0.3 is 10.0 Å². The molecule has 2 aliphatic rings. The molecule has 6 nitrogen and oxygen atoms in total. The van der Waals surface area contributed by atoms with E-state index in [1.807, 2.05) is 0 Å². The Bertz CT molecular complexity index is 1320. The number of aromatic nitrogens is 1. The predicted octanol–water partition coefficient (Wildman–Crippen LogP) is 3.45. The van der Waals surface area contributed by atoms with Crippen molar-refractivity contribution in [3.05, 3.63) is 98.7 Å². The third kappa shape index (κ3) is 3.26. The summed E-state index contributed by atoms with van der Waals surface area (Å²) in [6.45, 7) is 0. The maximum atomic E-state index is 14.5. The molecule has 0 fully saturated rings. The van der Waals surface area contributed by atoms with Crippen molar-refractivity contribution < 1.29 is 23.1 Å². The van der Waals surface area contributed by atoms with Crippen LogP contribution >= 0.6 is 0 Å². The van der Waals surface area contributed by atoms with Gasteiger partial charge in [-0.15, -0.1) is 0 Å². The van der Waals surface area contributed by atoms with E-state index in [0.717, 1.165) is 12.1 Å². The van der Waals surface area contributed by atoms with Gasteiger partial charge in [-0.1, -0.05) is 12.1 Å². The number of amides is 1. The quantitative estimate of drug-likeness (QED) is 0.611. The molecule has 1 N–H and O–H groups in total. The summed E-state index contributed by atoms with van der Waals surface area (Å²) in [6.07, 6.45) is 2.38. The van der Waals surface area contributed by atoms with Crippen molar-refractivity contribution in [2.45, 2.75) is 31.5 Å².